The predicted octanol–water partition coefficient (Wildman–Crippen LogP) is 7.67. The minimum absolute atomic E-state index is 0.0757. The largest absolute Gasteiger partial charge is 0.468 e. The summed E-state index contributed by atoms with van der Waals surface area (Å²) in [5.41, 5.74) is 1.42. The van der Waals surface area contributed by atoms with E-state index in [1.165, 1.54) is 51.4 Å². The van der Waals surface area contributed by atoms with Gasteiger partial charge in [-0.3, -0.25) is 14.1 Å². The molecule has 198 valence electrons. The first-order valence-corrected chi connectivity index (χ1v) is 14.4. The van der Waals surface area contributed by atoms with Crippen molar-refractivity contribution in [2.24, 2.45) is 0 Å². The lowest BCUT2D eigenvalue weighted by atomic mass is 9.96. The van der Waals surface area contributed by atoms with Crippen molar-refractivity contribution in [3.63, 3.8) is 0 Å². The monoisotopic (exact) mass is 508 g/mol. The van der Waals surface area contributed by atoms with Crippen molar-refractivity contribution in [3.05, 3.63) is 29.3 Å². The molecular weight excluding hydrogens is 463 g/mol. The molecule has 0 aliphatic carbocycles. The molecule has 0 spiro atoms. The van der Waals surface area contributed by atoms with Crippen molar-refractivity contribution in [1.29, 1.82) is 0 Å². The van der Waals surface area contributed by atoms with Crippen molar-refractivity contribution in [2.75, 3.05) is 18.9 Å². The number of hydrogen-bond acceptors (Lipinski definition) is 6. The summed E-state index contributed by atoms with van der Waals surface area (Å²) >= 11 is 0. The zero-order valence-electron chi connectivity index (χ0n) is 21.9. The highest BCUT2D eigenvalue weighted by atomic mass is 31.1. The fourth-order valence-electron chi connectivity index (χ4n) is 4.18. The van der Waals surface area contributed by atoms with Gasteiger partial charge in [0.25, 0.3) is 0 Å². The number of rotatable bonds is 21. The van der Waals surface area contributed by atoms with Gasteiger partial charge in [0, 0.05) is 30.6 Å². The third kappa shape index (κ3) is 13.7. The number of carbonyl (C=O) groups is 2. The first-order chi connectivity index (χ1) is 16.9. The maximum Gasteiger partial charge on any atom is 0.468 e. The van der Waals surface area contributed by atoms with Crippen LogP contribution < -0.4 is 10.6 Å². The minimum Gasteiger partial charge on any atom is -0.326 e. The van der Waals surface area contributed by atoms with Crippen LogP contribution >= 0.6 is 7.91 Å². The van der Waals surface area contributed by atoms with E-state index in [0.29, 0.717) is 36.1 Å². The number of hydrogen-bond donors (Lipinski definition) is 2. The van der Waals surface area contributed by atoms with E-state index in [1.807, 2.05) is 6.92 Å². The molecule has 1 aromatic rings. The van der Waals surface area contributed by atoms with E-state index in [2.05, 4.69) is 17.6 Å². The summed E-state index contributed by atoms with van der Waals surface area (Å²) in [6, 6.07) is 5.00. The topological polar surface area (TPSA) is 102 Å². The summed E-state index contributed by atoms with van der Waals surface area (Å²) in [5, 5.41) is 5.78. The molecule has 0 aliphatic heterocycles. The second-order valence-corrected chi connectivity index (χ2v) is 9.84. The van der Waals surface area contributed by atoms with Crippen LogP contribution in [0.4, 0.5) is 5.69 Å². The van der Waals surface area contributed by atoms with Crippen molar-refractivity contribution in [2.45, 2.75) is 110 Å². The Morgan fingerprint density at radius 2 is 1.46 bits per heavy atom. The van der Waals surface area contributed by atoms with Crippen LogP contribution in [0.1, 0.15) is 126 Å². The second kappa shape index (κ2) is 19.4. The number of benzene rings is 1. The van der Waals surface area contributed by atoms with Crippen LogP contribution in [0.15, 0.2) is 18.2 Å². The van der Waals surface area contributed by atoms with Gasteiger partial charge in [0.15, 0.2) is 5.78 Å². The predicted molar refractivity (Wildman–Crippen MR) is 141 cm³/mol. The van der Waals surface area contributed by atoms with Gasteiger partial charge in [-0.25, -0.2) is 9.13 Å². The fraction of sp³-hybridized carbons (Fsp3) is 0.704. The zero-order chi connectivity index (χ0) is 25.9. The van der Waals surface area contributed by atoms with Crippen molar-refractivity contribution >= 4 is 25.3 Å². The Kier molecular flexibility index (Phi) is 17.3. The number of ketones is 1. The van der Waals surface area contributed by atoms with Crippen LogP contribution in [-0.4, -0.2) is 25.3 Å². The molecule has 1 aromatic carbocycles. The maximum absolute atomic E-state index is 12.7. The smallest absolute Gasteiger partial charge is 0.326 e. The molecular formula is C27H45N2O5P. The van der Waals surface area contributed by atoms with E-state index in [4.69, 9.17) is 4.52 Å². The molecule has 7 nitrogen and oxygen atoms in total. The van der Waals surface area contributed by atoms with Gasteiger partial charge < -0.3 is 10.6 Å². The average Bonchev–Trinajstić information content (AvgIpc) is 2.82. The maximum atomic E-state index is 12.7. The highest BCUT2D eigenvalue weighted by Gasteiger charge is 2.22. The number of amides is 1. The van der Waals surface area contributed by atoms with E-state index in [1.54, 1.807) is 25.2 Å². The molecule has 1 unspecified atom stereocenters. The number of unbranched alkanes of at least 4 members (excludes halogenated alkanes) is 10. The molecule has 0 heterocycles. The molecule has 0 aromatic heterocycles. The molecule has 1 atom stereocenters. The Morgan fingerprint density at radius 1 is 0.857 bits per heavy atom. The van der Waals surface area contributed by atoms with E-state index in [9.17, 15) is 18.7 Å². The van der Waals surface area contributed by atoms with Gasteiger partial charge in [-0.1, -0.05) is 84.1 Å². The molecule has 0 aliphatic rings. The van der Waals surface area contributed by atoms with Crippen LogP contribution in [0.2, 0.25) is 0 Å². The first-order valence-electron chi connectivity index (χ1n) is 13.4. The van der Waals surface area contributed by atoms with Crippen LogP contribution in [0.25, 0.3) is 0 Å². The molecule has 0 fully saturated rings. The van der Waals surface area contributed by atoms with E-state index in [-0.39, 0.29) is 18.2 Å². The normalized spacial score (nSPS) is 11.9. The minimum atomic E-state index is -3.07. The van der Waals surface area contributed by atoms with Gasteiger partial charge in [0.2, 0.25) is 5.91 Å². The summed E-state index contributed by atoms with van der Waals surface area (Å²) in [4.78, 5) is 25.2. The third-order valence-electron chi connectivity index (χ3n) is 6.07. The molecule has 0 saturated heterocycles. The fourth-order valence-corrected chi connectivity index (χ4v) is 4.58. The second-order valence-electron chi connectivity index (χ2n) is 9.18. The molecule has 8 heteroatoms. The van der Waals surface area contributed by atoms with Gasteiger partial charge in [-0.2, -0.15) is 0 Å². The van der Waals surface area contributed by atoms with Crippen LogP contribution in [0.3, 0.4) is 0 Å². The van der Waals surface area contributed by atoms with Crippen LogP contribution in [0, 0.1) is 0 Å². The number of nitrogens with one attached hydrogen (secondary N) is 2. The lowest BCUT2D eigenvalue weighted by Gasteiger charge is -2.18. The van der Waals surface area contributed by atoms with E-state index >= 15 is 0 Å². The average molecular weight is 509 g/mol. The molecule has 0 bridgehead atoms. The Labute approximate surface area is 212 Å². The lowest BCUT2D eigenvalue weighted by Crippen LogP contribution is -2.20. The summed E-state index contributed by atoms with van der Waals surface area (Å²) < 4.78 is 27.4. The van der Waals surface area contributed by atoms with E-state index in [0.717, 1.165) is 19.3 Å². The highest BCUT2D eigenvalue weighted by Crippen LogP contribution is 2.30. The Hall–Kier alpha value is -1.82. The van der Waals surface area contributed by atoms with E-state index < -0.39 is 14.0 Å². The van der Waals surface area contributed by atoms with Gasteiger partial charge >= 0.3 is 7.91 Å². The summed E-state index contributed by atoms with van der Waals surface area (Å²) in [6.45, 7) is 4.38. The van der Waals surface area contributed by atoms with Crippen LogP contribution in [-0.2, 0) is 18.4 Å². The standard InChI is InChI=1S/C27H45N2O5P/c1-4-6-7-8-9-10-11-12-13-14-15-17-27(31)29-22-18-19-23(24(20-22)25(30)16-5-2)26(21-28-3)34-35(32)33/h18-20,26,28H,4-17,21H2,1-3H3,(H,29,31). The SMILES string of the molecule is CCCCCCCCCCCCCC(=O)Nc1ccc(C(CNC)OP(=O)=O)c(C(=O)CCC)c1. The number of Topliss-reactive ketones (excluding diaryl/α,β-unsaturated/α-hetero) is 1. The highest BCUT2D eigenvalue weighted by molar-refractivity contribution is 7.24. The molecule has 1 amide bonds. The van der Waals surface area contributed by atoms with Crippen molar-refractivity contribution < 1.29 is 23.2 Å². The summed E-state index contributed by atoms with van der Waals surface area (Å²) in [7, 11) is -1.39. The van der Waals surface area contributed by atoms with Crippen LogP contribution in [0.5, 0.6) is 0 Å². The quantitative estimate of drug-likeness (QED) is 0.100. The number of carbonyl (C=O) groups excluding carboxylic acids is 2. The summed E-state index contributed by atoms with van der Waals surface area (Å²) in [5.74, 6) is -0.178. The molecule has 0 saturated carbocycles. The van der Waals surface area contributed by atoms with Gasteiger partial charge in [0.05, 0.1) is 0 Å². The Morgan fingerprint density at radius 3 is 2.00 bits per heavy atom. The van der Waals surface area contributed by atoms with Crippen molar-refractivity contribution in [3.8, 4) is 0 Å². The van der Waals surface area contributed by atoms with Gasteiger partial charge in [-0.05, 0) is 37.6 Å². The third-order valence-corrected chi connectivity index (χ3v) is 6.50. The van der Waals surface area contributed by atoms with Gasteiger partial charge in [0.1, 0.15) is 6.10 Å². The number of likely N-dealkylation sites (N-methyl/N-ethyl adjacent to an activating group) is 1. The van der Waals surface area contributed by atoms with Crippen molar-refractivity contribution in [1.82, 2.24) is 5.32 Å². The Bertz CT molecular complexity index is 818. The number of anilines is 1. The molecule has 35 heavy (non-hydrogen) atoms. The molecule has 0 radical (unpaired) electrons. The zero-order valence-corrected chi connectivity index (χ0v) is 22.8. The van der Waals surface area contributed by atoms with Gasteiger partial charge in [-0.15, -0.1) is 0 Å². The molecule has 1 rings (SSSR count). The Balaban J connectivity index is 2.56. The lowest BCUT2D eigenvalue weighted by molar-refractivity contribution is -0.116. The summed E-state index contributed by atoms with van der Waals surface area (Å²) in [6.07, 6.45) is 14.2. The molecule has 2 N–H and O–H groups in total. The first kappa shape index (κ1) is 31.2.